The van der Waals surface area contributed by atoms with Gasteiger partial charge in [0.15, 0.2) is 0 Å². The fourth-order valence-electron chi connectivity index (χ4n) is 2.52. The van der Waals surface area contributed by atoms with Crippen molar-refractivity contribution in [3.8, 4) is 5.75 Å². The van der Waals surface area contributed by atoms with Crippen LogP contribution >= 0.6 is 0 Å². The summed E-state index contributed by atoms with van der Waals surface area (Å²) < 4.78 is 5.17. The van der Waals surface area contributed by atoms with Gasteiger partial charge in [-0.3, -0.25) is 9.78 Å². The number of hydrogen-bond acceptors (Lipinski definition) is 3. The number of pyridine rings is 1. The third kappa shape index (κ3) is 3.16. The molecule has 0 aliphatic heterocycles. The molecule has 1 N–H and O–H groups in total. The van der Waals surface area contributed by atoms with E-state index in [1.165, 1.54) is 0 Å². The summed E-state index contributed by atoms with van der Waals surface area (Å²) in [6.07, 6.45) is 0. The first-order chi connectivity index (χ1) is 11.1. The number of amides is 1. The molecule has 0 saturated heterocycles. The maximum Gasteiger partial charge on any atom is 0.257 e. The Hall–Kier alpha value is -2.88. The summed E-state index contributed by atoms with van der Waals surface area (Å²) in [5.41, 5.74) is 4.01. The van der Waals surface area contributed by atoms with Crippen LogP contribution in [0.4, 0.5) is 5.69 Å². The number of ether oxygens (including phenoxy) is 1. The van der Waals surface area contributed by atoms with Crippen molar-refractivity contribution in [3.63, 3.8) is 0 Å². The second kappa shape index (κ2) is 6.08. The summed E-state index contributed by atoms with van der Waals surface area (Å²) in [6.45, 7) is 3.87. The number of nitrogens with one attached hydrogen (secondary N) is 1. The molecule has 4 heteroatoms. The minimum absolute atomic E-state index is 0.174. The molecule has 116 valence electrons. The Morgan fingerprint density at radius 2 is 1.91 bits per heavy atom. The van der Waals surface area contributed by atoms with Crippen LogP contribution in [0.1, 0.15) is 21.6 Å². The smallest absolute Gasteiger partial charge is 0.257 e. The van der Waals surface area contributed by atoms with Gasteiger partial charge in [0.1, 0.15) is 5.75 Å². The lowest BCUT2D eigenvalue weighted by Crippen LogP contribution is -2.14. The van der Waals surface area contributed by atoms with E-state index in [1.807, 2.05) is 56.3 Å². The summed E-state index contributed by atoms with van der Waals surface area (Å²) in [7, 11) is 1.60. The van der Waals surface area contributed by atoms with E-state index in [-0.39, 0.29) is 5.91 Å². The van der Waals surface area contributed by atoms with Crippen molar-refractivity contribution in [3.05, 3.63) is 65.4 Å². The van der Waals surface area contributed by atoms with Crippen molar-refractivity contribution in [2.24, 2.45) is 0 Å². The summed E-state index contributed by atoms with van der Waals surface area (Å²) in [4.78, 5) is 17.1. The number of carbonyl (C=O) groups is 1. The zero-order chi connectivity index (χ0) is 16.4. The van der Waals surface area contributed by atoms with Gasteiger partial charge in [-0.2, -0.15) is 0 Å². The number of hydrogen-bond donors (Lipinski definition) is 1. The lowest BCUT2D eigenvalue weighted by Gasteiger charge is -2.10. The Morgan fingerprint density at radius 3 is 2.70 bits per heavy atom. The lowest BCUT2D eigenvalue weighted by atomic mass is 10.1. The summed E-state index contributed by atoms with van der Waals surface area (Å²) >= 11 is 0. The molecule has 0 unspecified atom stereocenters. The largest absolute Gasteiger partial charge is 0.497 e. The molecular weight excluding hydrogens is 288 g/mol. The zero-order valence-electron chi connectivity index (χ0n) is 13.4. The average Bonchev–Trinajstić information content (AvgIpc) is 2.54. The topological polar surface area (TPSA) is 51.2 Å². The highest BCUT2D eigenvalue weighted by atomic mass is 16.5. The quantitative estimate of drug-likeness (QED) is 0.792. The molecule has 0 aliphatic carbocycles. The molecule has 1 heterocycles. The maximum atomic E-state index is 12.6. The highest BCUT2D eigenvalue weighted by Gasteiger charge is 2.12. The van der Waals surface area contributed by atoms with Gasteiger partial charge in [0.25, 0.3) is 5.91 Å². The normalized spacial score (nSPS) is 10.6. The van der Waals surface area contributed by atoms with Gasteiger partial charge in [-0.05, 0) is 44.2 Å². The molecule has 3 rings (SSSR count). The van der Waals surface area contributed by atoms with Crippen LogP contribution in [0.15, 0.2) is 48.5 Å². The molecule has 0 saturated carbocycles. The highest BCUT2D eigenvalue weighted by molar-refractivity contribution is 6.06. The van der Waals surface area contributed by atoms with Gasteiger partial charge >= 0.3 is 0 Å². The Bertz CT molecular complexity index is 888. The highest BCUT2D eigenvalue weighted by Crippen LogP contribution is 2.21. The molecule has 0 atom stereocenters. The van der Waals surface area contributed by atoms with Gasteiger partial charge in [-0.1, -0.05) is 17.7 Å². The van der Waals surface area contributed by atoms with Crippen LogP contribution in [-0.2, 0) is 0 Å². The number of rotatable bonds is 3. The monoisotopic (exact) mass is 306 g/mol. The minimum atomic E-state index is -0.174. The molecule has 0 fully saturated rings. The standard InChI is InChI=1S/C19H18N2O2/c1-12-7-8-18-14(9-12)10-17(13(2)20-18)19(22)21-15-5-4-6-16(11-15)23-3/h4-11H,1-3H3,(H,21,22). The first-order valence-corrected chi connectivity index (χ1v) is 7.40. The van der Waals surface area contributed by atoms with E-state index >= 15 is 0 Å². The maximum absolute atomic E-state index is 12.6. The van der Waals surface area contributed by atoms with E-state index in [9.17, 15) is 4.79 Å². The Morgan fingerprint density at radius 1 is 1.09 bits per heavy atom. The van der Waals surface area contributed by atoms with Crippen LogP contribution < -0.4 is 10.1 Å². The van der Waals surface area contributed by atoms with Crippen molar-refractivity contribution in [2.75, 3.05) is 12.4 Å². The zero-order valence-corrected chi connectivity index (χ0v) is 13.4. The number of carbonyl (C=O) groups excluding carboxylic acids is 1. The van der Waals surface area contributed by atoms with Crippen molar-refractivity contribution < 1.29 is 9.53 Å². The van der Waals surface area contributed by atoms with Crippen molar-refractivity contribution in [2.45, 2.75) is 13.8 Å². The second-order valence-corrected chi connectivity index (χ2v) is 5.50. The fourth-order valence-corrected chi connectivity index (χ4v) is 2.52. The van der Waals surface area contributed by atoms with Crippen LogP contribution in [0, 0.1) is 13.8 Å². The van der Waals surface area contributed by atoms with Crippen molar-refractivity contribution in [1.29, 1.82) is 0 Å². The van der Waals surface area contributed by atoms with E-state index in [4.69, 9.17) is 4.74 Å². The van der Waals surface area contributed by atoms with Gasteiger partial charge < -0.3 is 10.1 Å². The number of anilines is 1. The van der Waals surface area contributed by atoms with E-state index in [1.54, 1.807) is 13.2 Å². The van der Waals surface area contributed by atoms with Crippen LogP contribution in [0.5, 0.6) is 5.75 Å². The number of methoxy groups -OCH3 is 1. The molecule has 4 nitrogen and oxygen atoms in total. The van der Waals surface area contributed by atoms with Crippen LogP contribution in [0.2, 0.25) is 0 Å². The van der Waals surface area contributed by atoms with Gasteiger partial charge in [-0.25, -0.2) is 0 Å². The Balaban J connectivity index is 1.95. The molecule has 23 heavy (non-hydrogen) atoms. The Labute approximate surface area is 135 Å². The molecule has 3 aromatic rings. The van der Waals surface area contributed by atoms with E-state index in [2.05, 4.69) is 10.3 Å². The summed E-state index contributed by atoms with van der Waals surface area (Å²) in [5.74, 6) is 0.526. The number of fused-ring (bicyclic) bond motifs is 1. The number of nitrogens with zero attached hydrogens (tertiary/aromatic N) is 1. The lowest BCUT2D eigenvalue weighted by molar-refractivity contribution is 0.102. The number of aryl methyl sites for hydroxylation is 2. The van der Waals surface area contributed by atoms with Crippen LogP contribution in [-0.4, -0.2) is 18.0 Å². The minimum Gasteiger partial charge on any atom is -0.497 e. The van der Waals surface area contributed by atoms with E-state index < -0.39 is 0 Å². The van der Waals surface area contributed by atoms with Crippen LogP contribution in [0.25, 0.3) is 10.9 Å². The third-order valence-electron chi connectivity index (χ3n) is 3.73. The molecule has 0 spiro atoms. The number of benzene rings is 2. The summed E-state index contributed by atoms with van der Waals surface area (Å²) in [5, 5.41) is 3.86. The molecule has 0 radical (unpaired) electrons. The van der Waals surface area contributed by atoms with Crippen molar-refractivity contribution in [1.82, 2.24) is 4.98 Å². The first kappa shape index (κ1) is 15.0. The molecule has 0 aliphatic rings. The van der Waals surface area contributed by atoms with Crippen LogP contribution in [0.3, 0.4) is 0 Å². The van der Waals surface area contributed by atoms with Gasteiger partial charge in [0, 0.05) is 17.1 Å². The molecule has 1 amide bonds. The first-order valence-electron chi connectivity index (χ1n) is 7.40. The SMILES string of the molecule is COc1cccc(NC(=O)c2cc3cc(C)ccc3nc2C)c1. The van der Waals surface area contributed by atoms with Gasteiger partial charge in [0.2, 0.25) is 0 Å². The van der Waals surface area contributed by atoms with Gasteiger partial charge in [-0.15, -0.1) is 0 Å². The number of aromatic nitrogens is 1. The molecular formula is C19H18N2O2. The average molecular weight is 306 g/mol. The fraction of sp³-hybridized carbons (Fsp3) is 0.158. The summed E-state index contributed by atoms with van der Waals surface area (Å²) in [6, 6.07) is 15.2. The van der Waals surface area contributed by atoms with E-state index in [0.29, 0.717) is 22.7 Å². The molecule has 1 aromatic heterocycles. The third-order valence-corrected chi connectivity index (χ3v) is 3.73. The van der Waals surface area contributed by atoms with Gasteiger partial charge in [0.05, 0.1) is 23.9 Å². The predicted molar refractivity (Wildman–Crippen MR) is 92.2 cm³/mol. The predicted octanol–water partition coefficient (Wildman–Crippen LogP) is 4.11. The second-order valence-electron chi connectivity index (χ2n) is 5.50. The molecule has 0 bridgehead atoms. The van der Waals surface area contributed by atoms with E-state index in [0.717, 1.165) is 16.5 Å². The molecule has 2 aromatic carbocycles. The Kier molecular flexibility index (Phi) is 3.98. The van der Waals surface area contributed by atoms with Crippen molar-refractivity contribution >= 4 is 22.5 Å².